The van der Waals surface area contributed by atoms with Crippen molar-refractivity contribution in [3.8, 4) is 0 Å². The first-order valence-corrected chi connectivity index (χ1v) is 14.7. The molecule has 2 N–H and O–H groups in total. The lowest BCUT2D eigenvalue weighted by atomic mass is 10.0. The Labute approximate surface area is 207 Å². The number of hydrogen-bond acceptors (Lipinski definition) is 4. The Morgan fingerprint density at radius 1 is 0.545 bits per heavy atom. The molecule has 0 bridgehead atoms. The molecule has 0 radical (unpaired) electrons. The minimum atomic E-state index is 0.349. The zero-order valence-electron chi connectivity index (χ0n) is 21.0. The topological polar surface area (TPSA) is 53.4 Å². The number of rotatable bonds is 22. The van der Waals surface area contributed by atoms with Gasteiger partial charge < -0.3 is 10.2 Å². The van der Waals surface area contributed by atoms with E-state index in [-0.39, 0.29) is 0 Å². The third-order valence-corrected chi connectivity index (χ3v) is 7.75. The van der Waals surface area contributed by atoms with Crippen molar-refractivity contribution in [1.29, 1.82) is 0 Å². The highest BCUT2D eigenvalue weighted by atomic mass is 32.1. The number of fused-ring (bicyclic) bond motifs is 1. The zero-order chi connectivity index (χ0) is 23.4. The minimum absolute atomic E-state index is 0.349. The summed E-state index contributed by atoms with van der Waals surface area (Å²) in [7, 11) is 0. The lowest BCUT2D eigenvalue weighted by molar-refractivity contribution is 0.282. The normalized spacial score (nSPS) is 11.6. The van der Waals surface area contributed by atoms with E-state index in [1.807, 2.05) is 11.3 Å². The van der Waals surface area contributed by atoms with Crippen molar-refractivity contribution in [2.75, 3.05) is 13.2 Å². The van der Waals surface area contributed by atoms with Crippen LogP contribution < -0.4 is 0 Å². The van der Waals surface area contributed by atoms with E-state index in [0.29, 0.717) is 13.2 Å². The van der Waals surface area contributed by atoms with Crippen LogP contribution in [0.25, 0.3) is 10.2 Å². The lowest BCUT2D eigenvalue weighted by Gasteiger charge is -2.03. The van der Waals surface area contributed by atoms with Crippen molar-refractivity contribution < 1.29 is 10.2 Å². The molecule has 1 aromatic carbocycles. The first-order valence-electron chi connectivity index (χ1n) is 13.9. The van der Waals surface area contributed by atoms with E-state index in [4.69, 9.17) is 15.2 Å². The van der Waals surface area contributed by atoms with Gasteiger partial charge in [-0.05, 0) is 56.2 Å². The van der Waals surface area contributed by atoms with Crippen molar-refractivity contribution in [2.45, 2.75) is 128 Å². The number of nitrogens with zero attached hydrogens (tertiary/aromatic N) is 1. The smallest absolute Gasteiger partial charge is 0.0938 e. The SMILES string of the molecule is OCCCCCCCCCCCc1ccc2nc(CCCCCCCCCCCO)sc2c1. The standard InChI is InChI=1S/C29H49NO2S/c31-23-17-13-9-5-1-3-7-11-15-19-26-21-22-27-28(25-26)33-29(30-27)20-16-12-8-4-2-6-10-14-18-24-32/h21-22,25,31-32H,1-20,23-24H2. The molecule has 0 saturated carbocycles. The molecule has 0 aliphatic carbocycles. The monoisotopic (exact) mass is 475 g/mol. The molecule has 2 rings (SSSR count). The van der Waals surface area contributed by atoms with Gasteiger partial charge in [-0.3, -0.25) is 0 Å². The fraction of sp³-hybridized carbons (Fsp3) is 0.759. The second-order valence-electron chi connectivity index (χ2n) is 9.72. The molecule has 0 aliphatic heterocycles. The van der Waals surface area contributed by atoms with Crippen molar-refractivity contribution >= 4 is 21.6 Å². The van der Waals surface area contributed by atoms with Gasteiger partial charge in [-0.15, -0.1) is 11.3 Å². The van der Waals surface area contributed by atoms with Crippen LogP contribution in [-0.4, -0.2) is 28.4 Å². The van der Waals surface area contributed by atoms with Gasteiger partial charge in [0.1, 0.15) is 0 Å². The van der Waals surface area contributed by atoms with E-state index in [1.165, 1.54) is 130 Å². The molecule has 4 heteroatoms. The van der Waals surface area contributed by atoms with Crippen LogP contribution in [-0.2, 0) is 12.8 Å². The summed E-state index contributed by atoms with van der Waals surface area (Å²) in [6.45, 7) is 0.699. The predicted octanol–water partition coefficient (Wildman–Crippen LogP) is 8.39. The number of aryl methyl sites for hydroxylation is 2. The third kappa shape index (κ3) is 13.5. The van der Waals surface area contributed by atoms with Crippen LogP contribution in [0.2, 0.25) is 0 Å². The Morgan fingerprint density at radius 3 is 1.52 bits per heavy atom. The fourth-order valence-electron chi connectivity index (χ4n) is 4.58. The average molecular weight is 476 g/mol. The number of hydrogen-bond donors (Lipinski definition) is 2. The second kappa shape index (κ2) is 19.3. The fourth-order valence-corrected chi connectivity index (χ4v) is 5.66. The molecule has 0 saturated heterocycles. The Kier molecular flexibility index (Phi) is 16.6. The molecule has 188 valence electrons. The van der Waals surface area contributed by atoms with E-state index < -0.39 is 0 Å². The molecule has 0 unspecified atom stereocenters. The summed E-state index contributed by atoms with van der Waals surface area (Å²) in [5.74, 6) is 0. The van der Waals surface area contributed by atoms with Gasteiger partial charge in [-0.2, -0.15) is 0 Å². The quantitative estimate of drug-likeness (QED) is 0.168. The maximum Gasteiger partial charge on any atom is 0.0938 e. The molecule has 0 amide bonds. The highest BCUT2D eigenvalue weighted by Crippen LogP contribution is 2.25. The summed E-state index contributed by atoms with van der Waals surface area (Å²) in [4.78, 5) is 4.87. The number of aliphatic hydroxyl groups excluding tert-OH is 2. The summed E-state index contributed by atoms with van der Waals surface area (Å²) in [5, 5.41) is 18.9. The van der Waals surface area contributed by atoms with E-state index in [2.05, 4.69) is 18.2 Å². The molecule has 0 spiro atoms. The second-order valence-corrected chi connectivity index (χ2v) is 10.8. The number of unbranched alkanes of at least 4 members (excludes halogenated alkanes) is 16. The lowest BCUT2D eigenvalue weighted by Crippen LogP contribution is -1.87. The van der Waals surface area contributed by atoms with E-state index in [9.17, 15) is 0 Å². The van der Waals surface area contributed by atoms with E-state index in [1.54, 1.807) is 0 Å². The van der Waals surface area contributed by atoms with E-state index in [0.717, 1.165) is 19.3 Å². The average Bonchev–Trinajstić information content (AvgIpc) is 3.23. The van der Waals surface area contributed by atoms with Crippen molar-refractivity contribution in [3.63, 3.8) is 0 Å². The van der Waals surface area contributed by atoms with Gasteiger partial charge in [0.05, 0.1) is 15.2 Å². The largest absolute Gasteiger partial charge is 0.396 e. The first-order chi connectivity index (χ1) is 16.3. The predicted molar refractivity (Wildman–Crippen MR) is 144 cm³/mol. The minimum Gasteiger partial charge on any atom is -0.396 e. The molecule has 1 aromatic heterocycles. The van der Waals surface area contributed by atoms with Gasteiger partial charge in [0.2, 0.25) is 0 Å². The van der Waals surface area contributed by atoms with Crippen LogP contribution in [0.15, 0.2) is 18.2 Å². The van der Waals surface area contributed by atoms with Crippen LogP contribution in [0.3, 0.4) is 0 Å². The summed E-state index contributed by atoms with van der Waals surface area (Å²) in [6.07, 6.45) is 25.2. The maximum atomic E-state index is 8.80. The van der Waals surface area contributed by atoms with Crippen molar-refractivity contribution in [2.24, 2.45) is 0 Å². The van der Waals surface area contributed by atoms with Gasteiger partial charge in [-0.1, -0.05) is 96.0 Å². The third-order valence-electron chi connectivity index (χ3n) is 6.67. The van der Waals surface area contributed by atoms with Gasteiger partial charge in [0, 0.05) is 13.2 Å². The number of thiazole rings is 1. The summed E-state index contributed by atoms with van der Waals surface area (Å²) in [5.41, 5.74) is 2.66. The van der Waals surface area contributed by atoms with Gasteiger partial charge in [-0.25, -0.2) is 4.98 Å². The van der Waals surface area contributed by atoms with E-state index >= 15 is 0 Å². The molecular weight excluding hydrogens is 426 g/mol. The van der Waals surface area contributed by atoms with Crippen LogP contribution >= 0.6 is 11.3 Å². The first kappa shape index (κ1) is 28.3. The molecule has 0 atom stereocenters. The molecule has 3 nitrogen and oxygen atoms in total. The highest BCUT2D eigenvalue weighted by Gasteiger charge is 2.05. The molecular formula is C29H49NO2S. The summed E-state index contributed by atoms with van der Waals surface area (Å²) in [6, 6.07) is 6.90. The maximum absolute atomic E-state index is 8.80. The Morgan fingerprint density at radius 2 is 1.00 bits per heavy atom. The molecule has 33 heavy (non-hydrogen) atoms. The van der Waals surface area contributed by atoms with Crippen LogP contribution in [0.5, 0.6) is 0 Å². The number of aromatic nitrogens is 1. The van der Waals surface area contributed by atoms with Crippen LogP contribution in [0.1, 0.15) is 126 Å². The van der Waals surface area contributed by atoms with Gasteiger partial charge in [0.25, 0.3) is 0 Å². The summed E-state index contributed by atoms with van der Waals surface area (Å²) >= 11 is 1.90. The van der Waals surface area contributed by atoms with Gasteiger partial charge in [0.15, 0.2) is 0 Å². The number of benzene rings is 1. The highest BCUT2D eigenvalue weighted by molar-refractivity contribution is 7.18. The molecule has 0 aliphatic rings. The van der Waals surface area contributed by atoms with Gasteiger partial charge >= 0.3 is 0 Å². The number of aliphatic hydroxyl groups is 2. The molecule has 1 heterocycles. The van der Waals surface area contributed by atoms with Crippen LogP contribution in [0.4, 0.5) is 0 Å². The Hall–Kier alpha value is -0.970. The summed E-state index contributed by atoms with van der Waals surface area (Å²) < 4.78 is 1.37. The Bertz CT molecular complexity index is 693. The van der Waals surface area contributed by atoms with Crippen molar-refractivity contribution in [1.82, 2.24) is 4.98 Å². The van der Waals surface area contributed by atoms with Crippen LogP contribution in [0, 0.1) is 0 Å². The molecule has 2 aromatic rings. The zero-order valence-corrected chi connectivity index (χ0v) is 21.9. The Balaban J connectivity index is 1.52. The molecule has 0 fully saturated rings. The van der Waals surface area contributed by atoms with Crippen molar-refractivity contribution in [3.05, 3.63) is 28.8 Å².